The van der Waals surface area contributed by atoms with Crippen molar-refractivity contribution < 1.29 is 18.0 Å². The van der Waals surface area contributed by atoms with Gasteiger partial charge in [-0.25, -0.2) is 8.78 Å². The largest absolute Gasteiger partial charge is 0.438 e. The fourth-order valence-electron chi connectivity index (χ4n) is 4.41. The minimum Gasteiger partial charge on any atom is -0.438 e. The van der Waals surface area contributed by atoms with Gasteiger partial charge in [-0.1, -0.05) is 0 Å². The molecule has 0 fully saturated rings. The fraction of sp³-hybridized carbons (Fsp3) is 0.273. The van der Waals surface area contributed by atoms with E-state index < -0.39 is 17.5 Å². The Bertz CT molecular complexity index is 1220. The summed E-state index contributed by atoms with van der Waals surface area (Å²) >= 11 is 0. The van der Waals surface area contributed by atoms with Crippen LogP contribution in [0.5, 0.6) is 0 Å². The van der Waals surface area contributed by atoms with Crippen LogP contribution in [-0.2, 0) is 12.8 Å². The molecular formula is C22H19F2N3O2. The normalized spacial score (nSPS) is 15.3. The molecule has 5 nitrogen and oxygen atoms in total. The van der Waals surface area contributed by atoms with Crippen LogP contribution in [0.2, 0.25) is 0 Å². The van der Waals surface area contributed by atoms with Gasteiger partial charge in [0.15, 0.2) is 0 Å². The molecule has 5 rings (SSSR count). The first-order valence-electron chi connectivity index (χ1n) is 9.70. The molecular weight excluding hydrogens is 376 g/mol. The molecule has 2 aliphatic heterocycles. The molecule has 0 atom stereocenters. The van der Waals surface area contributed by atoms with Gasteiger partial charge in [-0.05, 0) is 55.5 Å². The summed E-state index contributed by atoms with van der Waals surface area (Å²) in [6.07, 6.45) is 3.94. The smallest absolute Gasteiger partial charge is 0.261 e. The van der Waals surface area contributed by atoms with Crippen LogP contribution in [0.1, 0.15) is 34.3 Å². The zero-order valence-corrected chi connectivity index (χ0v) is 15.6. The number of rotatable bonds is 2. The van der Waals surface area contributed by atoms with E-state index in [1.807, 2.05) is 6.07 Å². The maximum absolute atomic E-state index is 13.9. The van der Waals surface area contributed by atoms with Crippen LogP contribution in [0.15, 0.2) is 34.7 Å². The number of nitrogens with zero attached hydrogens (tertiary/aromatic N) is 1. The maximum Gasteiger partial charge on any atom is 0.261 e. The number of hydrogen-bond acceptors (Lipinski definition) is 4. The lowest BCUT2D eigenvalue weighted by Crippen LogP contribution is -2.34. The van der Waals surface area contributed by atoms with Crippen molar-refractivity contribution in [2.75, 3.05) is 23.3 Å². The van der Waals surface area contributed by atoms with E-state index in [4.69, 9.17) is 9.83 Å². The Morgan fingerprint density at radius 2 is 1.90 bits per heavy atom. The van der Waals surface area contributed by atoms with Crippen molar-refractivity contribution in [2.24, 2.45) is 0 Å². The summed E-state index contributed by atoms with van der Waals surface area (Å²) in [5.74, 6) is -2.12. The monoisotopic (exact) mass is 395 g/mol. The van der Waals surface area contributed by atoms with Gasteiger partial charge in [0.25, 0.3) is 5.91 Å². The topological polar surface area (TPSA) is 69.3 Å². The Kier molecular flexibility index (Phi) is 4.12. The molecule has 2 aromatic carbocycles. The van der Waals surface area contributed by atoms with Crippen LogP contribution in [0.3, 0.4) is 0 Å². The Labute approximate surface area is 165 Å². The third-order valence-electron chi connectivity index (χ3n) is 5.67. The first kappa shape index (κ1) is 17.8. The van der Waals surface area contributed by atoms with Gasteiger partial charge in [0, 0.05) is 35.8 Å². The van der Waals surface area contributed by atoms with E-state index in [1.54, 1.807) is 6.07 Å². The molecule has 1 amide bonds. The first-order valence-corrected chi connectivity index (χ1v) is 9.70. The van der Waals surface area contributed by atoms with Crippen LogP contribution in [0, 0.1) is 17.0 Å². The standard InChI is InChI=1S/C22H19F2N3O2/c23-14-5-6-17(24)18(11-14)26-22(28)16-10-13-9-12-3-1-7-27-8-2-4-15(19(12)27)20(13)29-21(16)25/h5-6,9-11,25H,1-4,7-8H2,(H,26,28). The van der Waals surface area contributed by atoms with Gasteiger partial charge in [-0.2, -0.15) is 0 Å². The van der Waals surface area contributed by atoms with Crippen molar-refractivity contribution in [3.05, 3.63) is 64.2 Å². The maximum atomic E-state index is 13.9. The van der Waals surface area contributed by atoms with Crippen molar-refractivity contribution >= 4 is 28.3 Å². The number of benzene rings is 2. The van der Waals surface area contributed by atoms with Gasteiger partial charge in [-0.3, -0.25) is 10.2 Å². The van der Waals surface area contributed by atoms with Crippen LogP contribution < -0.4 is 15.8 Å². The summed E-state index contributed by atoms with van der Waals surface area (Å²) in [4.78, 5) is 15.0. The first-order chi connectivity index (χ1) is 14.0. The molecule has 0 bridgehead atoms. The minimum atomic E-state index is -0.748. The molecule has 3 aromatic rings. The lowest BCUT2D eigenvalue weighted by atomic mass is 9.90. The number of halogens is 2. The highest BCUT2D eigenvalue weighted by molar-refractivity contribution is 6.05. The molecule has 0 spiro atoms. The van der Waals surface area contributed by atoms with Crippen molar-refractivity contribution in [3.8, 4) is 0 Å². The molecule has 1 aromatic heterocycles. The molecule has 3 heterocycles. The lowest BCUT2D eigenvalue weighted by molar-refractivity contribution is 0.102. The highest BCUT2D eigenvalue weighted by Gasteiger charge is 2.27. The molecule has 2 aliphatic rings. The van der Waals surface area contributed by atoms with Gasteiger partial charge in [-0.15, -0.1) is 0 Å². The summed E-state index contributed by atoms with van der Waals surface area (Å²) in [7, 11) is 0. The Hall–Kier alpha value is -3.22. The van der Waals surface area contributed by atoms with E-state index in [1.165, 1.54) is 11.3 Å². The second-order valence-corrected chi connectivity index (χ2v) is 7.54. The van der Waals surface area contributed by atoms with E-state index in [2.05, 4.69) is 10.2 Å². The van der Waals surface area contributed by atoms with Gasteiger partial charge in [0.1, 0.15) is 22.8 Å². The summed E-state index contributed by atoms with van der Waals surface area (Å²) in [5.41, 5.74) is 3.60. The third-order valence-corrected chi connectivity index (χ3v) is 5.67. The van der Waals surface area contributed by atoms with E-state index in [0.717, 1.165) is 67.9 Å². The average Bonchev–Trinajstić information content (AvgIpc) is 2.71. The SMILES string of the molecule is N=c1oc2c3c4c(cc2cc1C(=O)Nc1cc(F)ccc1F)CCCN4CCC3. The highest BCUT2D eigenvalue weighted by atomic mass is 19.1. The summed E-state index contributed by atoms with van der Waals surface area (Å²) in [5, 5.41) is 11.3. The molecule has 0 radical (unpaired) electrons. The second-order valence-electron chi connectivity index (χ2n) is 7.54. The van der Waals surface area contributed by atoms with Crippen LogP contribution in [-0.4, -0.2) is 19.0 Å². The van der Waals surface area contributed by atoms with Crippen molar-refractivity contribution in [3.63, 3.8) is 0 Å². The van der Waals surface area contributed by atoms with Crippen LogP contribution >= 0.6 is 0 Å². The van der Waals surface area contributed by atoms with Gasteiger partial charge in [0.05, 0.1) is 5.69 Å². The number of fused-ring (bicyclic) bond motifs is 2. The Balaban J connectivity index is 1.60. The quantitative estimate of drug-likeness (QED) is 0.685. The summed E-state index contributed by atoms with van der Waals surface area (Å²) < 4.78 is 33.1. The van der Waals surface area contributed by atoms with Gasteiger partial charge < -0.3 is 14.6 Å². The zero-order chi connectivity index (χ0) is 20.1. The van der Waals surface area contributed by atoms with Gasteiger partial charge in [0.2, 0.25) is 5.55 Å². The third kappa shape index (κ3) is 2.97. The summed E-state index contributed by atoms with van der Waals surface area (Å²) in [6, 6.07) is 6.46. The predicted octanol–water partition coefficient (Wildman–Crippen LogP) is 4.14. The number of carbonyl (C=O) groups is 1. The predicted molar refractivity (Wildman–Crippen MR) is 105 cm³/mol. The highest BCUT2D eigenvalue weighted by Crippen LogP contribution is 2.39. The van der Waals surface area contributed by atoms with E-state index >= 15 is 0 Å². The minimum absolute atomic E-state index is 0.0169. The number of aryl methyl sites for hydroxylation is 2. The summed E-state index contributed by atoms with van der Waals surface area (Å²) in [6.45, 7) is 2.05. The number of carbonyl (C=O) groups excluding carboxylic acids is 1. The Morgan fingerprint density at radius 3 is 2.72 bits per heavy atom. The number of nitrogens with one attached hydrogen (secondary N) is 2. The zero-order valence-electron chi connectivity index (χ0n) is 15.6. The van der Waals surface area contributed by atoms with Crippen LogP contribution in [0.25, 0.3) is 11.0 Å². The molecule has 0 aliphatic carbocycles. The Morgan fingerprint density at radius 1 is 1.10 bits per heavy atom. The number of amides is 1. The molecule has 0 saturated heterocycles. The van der Waals surface area contributed by atoms with Crippen molar-refractivity contribution in [2.45, 2.75) is 25.7 Å². The van der Waals surface area contributed by atoms with Crippen LogP contribution in [0.4, 0.5) is 20.2 Å². The lowest BCUT2D eigenvalue weighted by Gasteiger charge is -2.37. The van der Waals surface area contributed by atoms with Crippen molar-refractivity contribution in [1.29, 1.82) is 5.41 Å². The molecule has 0 saturated carbocycles. The van der Waals surface area contributed by atoms with E-state index in [0.29, 0.717) is 5.58 Å². The number of anilines is 2. The van der Waals surface area contributed by atoms with E-state index in [-0.39, 0.29) is 16.8 Å². The molecule has 29 heavy (non-hydrogen) atoms. The molecule has 7 heteroatoms. The second kappa shape index (κ2) is 6.69. The van der Waals surface area contributed by atoms with Gasteiger partial charge >= 0.3 is 0 Å². The number of hydrogen-bond donors (Lipinski definition) is 2. The molecule has 2 N–H and O–H groups in total. The van der Waals surface area contributed by atoms with E-state index in [9.17, 15) is 13.6 Å². The molecule has 148 valence electrons. The van der Waals surface area contributed by atoms with Crippen molar-refractivity contribution in [1.82, 2.24) is 0 Å². The molecule has 0 unspecified atom stereocenters. The average molecular weight is 395 g/mol. The fourth-order valence-corrected chi connectivity index (χ4v) is 4.41.